The van der Waals surface area contributed by atoms with Gasteiger partial charge in [0.2, 0.25) is 0 Å². The summed E-state index contributed by atoms with van der Waals surface area (Å²) in [6.45, 7) is 0.145. The lowest BCUT2D eigenvalue weighted by atomic mass is 10.1. The number of aliphatic hydroxyl groups excluding tert-OH is 1. The van der Waals surface area contributed by atoms with E-state index in [9.17, 15) is 5.11 Å². The molecule has 0 spiro atoms. The maximum atomic E-state index is 9.34. The van der Waals surface area contributed by atoms with Crippen LogP contribution in [-0.4, -0.2) is 36.9 Å². The highest BCUT2D eigenvalue weighted by atomic mass is 32.2. The zero-order chi connectivity index (χ0) is 12.5. The van der Waals surface area contributed by atoms with Crippen LogP contribution in [0.3, 0.4) is 0 Å². The van der Waals surface area contributed by atoms with E-state index >= 15 is 0 Å². The Morgan fingerprint density at radius 3 is 2.82 bits per heavy atom. The van der Waals surface area contributed by atoms with Crippen LogP contribution in [0.15, 0.2) is 24.3 Å². The highest BCUT2D eigenvalue weighted by molar-refractivity contribution is 7.98. The molecule has 0 aliphatic carbocycles. The summed E-state index contributed by atoms with van der Waals surface area (Å²) in [5.41, 5.74) is 0.943. The van der Waals surface area contributed by atoms with Gasteiger partial charge in [-0.25, -0.2) is 0 Å². The van der Waals surface area contributed by atoms with Crippen molar-refractivity contribution in [3.8, 4) is 5.75 Å². The van der Waals surface area contributed by atoms with E-state index in [4.69, 9.17) is 4.74 Å². The van der Waals surface area contributed by atoms with E-state index in [-0.39, 0.29) is 12.6 Å². The quantitative estimate of drug-likeness (QED) is 0.701. The predicted octanol–water partition coefficient (Wildman–Crippen LogP) is 2.61. The molecule has 4 heteroatoms. The average molecular weight is 255 g/mol. The number of aliphatic hydroxyl groups is 1. The largest absolute Gasteiger partial charge is 0.495 e. The minimum absolute atomic E-state index is 0.0958. The third-order valence-corrected chi connectivity index (χ3v) is 3.28. The Bertz CT molecular complexity index is 320. The smallest absolute Gasteiger partial charge is 0.141 e. The van der Waals surface area contributed by atoms with E-state index in [1.807, 2.05) is 36.0 Å². The molecule has 0 bridgehead atoms. The van der Waals surface area contributed by atoms with Crippen LogP contribution in [0, 0.1) is 0 Å². The van der Waals surface area contributed by atoms with Gasteiger partial charge in [0.25, 0.3) is 0 Å². The second-order valence-electron chi connectivity index (χ2n) is 3.86. The summed E-state index contributed by atoms with van der Waals surface area (Å²) < 4.78 is 5.27. The van der Waals surface area contributed by atoms with Crippen LogP contribution in [0.5, 0.6) is 5.75 Å². The summed E-state index contributed by atoms with van der Waals surface area (Å²) in [6.07, 6.45) is 4.17. The molecule has 0 radical (unpaired) electrons. The first-order valence-corrected chi connectivity index (χ1v) is 7.20. The van der Waals surface area contributed by atoms with E-state index in [0.29, 0.717) is 0 Å². The number of thioether (sulfide) groups is 1. The van der Waals surface area contributed by atoms with Gasteiger partial charge in [0.05, 0.1) is 19.4 Å². The minimum atomic E-state index is 0.0958. The second-order valence-corrected chi connectivity index (χ2v) is 4.84. The van der Waals surface area contributed by atoms with Crippen LogP contribution in [0.2, 0.25) is 0 Å². The molecule has 1 aromatic carbocycles. The van der Waals surface area contributed by atoms with E-state index in [0.717, 1.165) is 30.0 Å². The van der Waals surface area contributed by atoms with Gasteiger partial charge in [0.1, 0.15) is 5.75 Å². The summed E-state index contributed by atoms with van der Waals surface area (Å²) in [6, 6.07) is 7.88. The van der Waals surface area contributed by atoms with E-state index in [2.05, 4.69) is 11.6 Å². The molecule has 96 valence electrons. The third kappa shape index (κ3) is 4.88. The molecule has 0 amide bonds. The summed E-state index contributed by atoms with van der Waals surface area (Å²) in [5.74, 6) is 1.94. The fraction of sp³-hybridized carbons (Fsp3) is 0.538. The fourth-order valence-corrected chi connectivity index (χ4v) is 2.12. The minimum Gasteiger partial charge on any atom is -0.495 e. The molecule has 17 heavy (non-hydrogen) atoms. The highest BCUT2D eigenvalue weighted by Crippen LogP contribution is 2.24. The van der Waals surface area contributed by atoms with Crippen LogP contribution in [0.25, 0.3) is 0 Å². The molecule has 0 heterocycles. The zero-order valence-electron chi connectivity index (χ0n) is 10.5. The summed E-state index contributed by atoms with van der Waals surface area (Å²) in [7, 11) is 1.65. The maximum Gasteiger partial charge on any atom is 0.141 e. The lowest BCUT2D eigenvalue weighted by Gasteiger charge is -2.19. The first-order chi connectivity index (χ1) is 8.31. The molecule has 0 saturated heterocycles. The standard InChI is InChI=1S/C13H21NO2S/c1-16-13-8-4-3-7-12(13)14-11(10-15)6-5-9-17-2/h3-4,7-8,11,14-15H,5-6,9-10H2,1-2H3. The second kappa shape index (κ2) is 8.25. The summed E-state index contributed by atoms with van der Waals surface area (Å²) in [4.78, 5) is 0. The molecule has 0 aliphatic rings. The van der Waals surface area contributed by atoms with Crippen molar-refractivity contribution in [2.75, 3.05) is 31.0 Å². The maximum absolute atomic E-state index is 9.34. The number of nitrogens with one attached hydrogen (secondary N) is 1. The first kappa shape index (κ1) is 14.2. The normalized spacial score (nSPS) is 12.2. The van der Waals surface area contributed by atoms with Gasteiger partial charge in [-0.2, -0.15) is 11.8 Å². The molecule has 1 aromatic rings. The SMILES string of the molecule is COc1ccccc1NC(CO)CCCSC. The lowest BCUT2D eigenvalue weighted by Crippen LogP contribution is -2.24. The van der Waals surface area contributed by atoms with Gasteiger partial charge in [0, 0.05) is 6.04 Å². The van der Waals surface area contributed by atoms with Crippen molar-refractivity contribution in [1.29, 1.82) is 0 Å². The molecule has 0 saturated carbocycles. The van der Waals surface area contributed by atoms with Gasteiger partial charge < -0.3 is 15.2 Å². The highest BCUT2D eigenvalue weighted by Gasteiger charge is 2.09. The number of rotatable bonds is 8. The van der Waals surface area contributed by atoms with Crippen molar-refractivity contribution in [3.05, 3.63) is 24.3 Å². The molecule has 1 unspecified atom stereocenters. The van der Waals surface area contributed by atoms with Gasteiger partial charge in [-0.3, -0.25) is 0 Å². The number of hydrogen-bond donors (Lipinski definition) is 2. The van der Waals surface area contributed by atoms with Crippen molar-refractivity contribution in [2.45, 2.75) is 18.9 Å². The van der Waals surface area contributed by atoms with E-state index in [1.54, 1.807) is 7.11 Å². The van der Waals surface area contributed by atoms with Crippen LogP contribution in [0.1, 0.15) is 12.8 Å². The zero-order valence-corrected chi connectivity index (χ0v) is 11.3. The van der Waals surface area contributed by atoms with Crippen molar-refractivity contribution < 1.29 is 9.84 Å². The van der Waals surface area contributed by atoms with Gasteiger partial charge in [-0.1, -0.05) is 12.1 Å². The third-order valence-electron chi connectivity index (χ3n) is 2.59. The topological polar surface area (TPSA) is 41.5 Å². The molecular weight excluding hydrogens is 234 g/mol. The van der Waals surface area contributed by atoms with E-state index in [1.165, 1.54) is 0 Å². The van der Waals surface area contributed by atoms with Crippen LogP contribution in [0.4, 0.5) is 5.69 Å². The molecule has 3 nitrogen and oxygen atoms in total. The Labute approximate surface area is 108 Å². The lowest BCUT2D eigenvalue weighted by molar-refractivity contribution is 0.268. The van der Waals surface area contributed by atoms with Gasteiger partial charge in [0.15, 0.2) is 0 Å². The predicted molar refractivity (Wildman–Crippen MR) is 75.1 cm³/mol. The number of benzene rings is 1. The average Bonchev–Trinajstić information content (AvgIpc) is 2.38. The summed E-state index contributed by atoms with van der Waals surface area (Å²) >= 11 is 1.83. The molecular formula is C13H21NO2S. The Morgan fingerprint density at radius 1 is 1.41 bits per heavy atom. The molecule has 2 N–H and O–H groups in total. The molecule has 0 aliphatic heterocycles. The van der Waals surface area contributed by atoms with Crippen LogP contribution in [-0.2, 0) is 0 Å². The Balaban J connectivity index is 2.54. The number of methoxy groups -OCH3 is 1. The fourth-order valence-electron chi connectivity index (χ4n) is 1.67. The number of anilines is 1. The van der Waals surface area contributed by atoms with Crippen molar-refractivity contribution in [3.63, 3.8) is 0 Å². The molecule has 0 aromatic heterocycles. The summed E-state index contributed by atoms with van der Waals surface area (Å²) in [5, 5.41) is 12.7. The van der Waals surface area contributed by atoms with Crippen LogP contribution < -0.4 is 10.1 Å². The molecule has 0 fully saturated rings. The number of ether oxygens (including phenoxy) is 1. The Hall–Kier alpha value is -0.870. The number of para-hydroxylation sites is 2. The Morgan fingerprint density at radius 2 is 2.18 bits per heavy atom. The molecule has 1 rings (SSSR count). The Kier molecular flexibility index (Phi) is 6.89. The number of hydrogen-bond acceptors (Lipinski definition) is 4. The monoisotopic (exact) mass is 255 g/mol. The van der Waals surface area contributed by atoms with Crippen molar-refractivity contribution in [1.82, 2.24) is 0 Å². The molecule has 1 atom stereocenters. The van der Waals surface area contributed by atoms with Crippen LogP contribution >= 0.6 is 11.8 Å². The van der Waals surface area contributed by atoms with Crippen molar-refractivity contribution >= 4 is 17.4 Å². The van der Waals surface area contributed by atoms with Gasteiger partial charge in [-0.15, -0.1) is 0 Å². The van der Waals surface area contributed by atoms with E-state index < -0.39 is 0 Å². The van der Waals surface area contributed by atoms with Gasteiger partial charge in [-0.05, 0) is 37.0 Å². The first-order valence-electron chi connectivity index (χ1n) is 5.81. The van der Waals surface area contributed by atoms with Crippen molar-refractivity contribution in [2.24, 2.45) is 0 Å². The van der Waals surface area contributed by atoms with Gasteiger partial charge >= 0.3 is 0 Å².